The molecule has 2 aliphatic rings. The van der Waals surface area contributed by atoms with Gasteiger partial charge >= 0.3 is 0 Å². The van der Waals surface area contributed by atoms with Crippen LogP contribution in [0.15, 0.2) is 10.7 Å². The Morgan fingerprint density at radius 1 is 1.19 bits per heavy atom. The molecule has 1 atom stereocenters. The lowest BCUT2D eigenvalue weighted by Crippen LogP contribution is -2.37. The number of ether oxygens (including phenoxy) is 1. The Morgan fingerprint density at radius 3 is 2.85 bits per heavy atom. The average Bonchev–Trinajstić information content (AvgIpc) is 3.30. The average molecular weight is 374 g/mol. The van der Waals surface area contributed by atoms with Crippen molar-refractivity contribution >= 4 is 0 Å². The zero-order valence-electron chi connectivity index (χ0n) is 16.5. The molecule has 1 N–H and O–H groups in total. The van der Waals surface area contributed by atoms with Gasteiger partial charge < -0.3 is 9.26 Å². The third-order valence-corrected chi connectivity index (χ3v) is 5.95. The molecule has 0 bridgehead atoms. The Balaban J connectivity index is 1.42. The van der Waals surface area contributed by atoms with E-state index in [1.165, 1.54) is 29.7 Å². The number of hydrogen-bond donors (Lipinski definition) is 1. The van der Waals surface area contributed by atoms with Crippen molar-refractivity contribution in [1.29, 1.82) is 0 Å². The summed E-state index contributed by atoms with van der Waals surface area (Å²) < 4.78 is 10.9. The minimum atomic E-state index is 0.516. The maximum atomic E-state index is 5.47. The Hall–Kier alpha value is -1.70. The smallest absolute Gasteiger partial charge is 0.138 e. The molecule has 2 aromatic heterocycles. The molecule has 2 aromatic rings. The second-order valence-corrected chi connectivity index (χ2v) is 7.79. The molecule has 27 heavy (non-hydrogen) atoms. The summed E-state index contributed by atoms with van der Waals surface area (Å²) in [6.07, 6.45) is 5.38. The highest BCUT2D eigenvalue weighted by molar-refractivity contribution is 5.24. The van der Waals surface area contributed by atoms with Gasteiger partial charge in [-0.15, -0.1) is 0 Å². The SMILES string of the molecule is CCc1noc(C)c1CN1CCC[C@@H](c2[nH]ncc2CN2CCOCC2)C1. The lowest BCUT2D eigenvalue weighted by Gasteiger charge is -2.33. The predicted molar refractivity (Wildman–Crippen MR) is 103 cm³/mol. The van der Waals surface area contributed by atoms with Gasteiger partial charge in [0.2, 0.25) is 0 Å². The molecule has 4 rings (SSSR count). The molecule has 0 unspecified atom stereocenters. The monoisotopic (exact) mass is 373 g/mol. The van der Waals surface area contributed by atoms with Crippen LogP contribution in [0.3, 0.4) is 0 Å². The van der Waals surface area contributed by atoms with Crippen molar-refractivity contribution in [1.82, 2.24) is 25.2 Å². The van der Waals surface area contributed by atoms with Crippen LogP contribution in [-0.4, -0.2) is 64.5 Å². The minimum absolute atomic E-state index is 0.516. The molecule has 0 saturated carbocycles. The van der Waals surface area contributed by atoms with E-state index in [4.69, 9.17) is 9.26 Å². The molecule has 0 spiro atoms. The number of aromatic amines is 1. The van der Waals surface area contributed by atoms with Crippen molar-refractivity contribution < 1.29 is 9.26 Å². The van der Waals surface area contributed by atoms with E-state index in [1.807, 2.05) is 13.1 Å². The van der Waals surface area contributed by atoms with Gasteiger partial charge in [-0.3, -0.25) is 14.9 Å². The third kappa shape index (κ3) is 4.25. The zero-order valence-corrected chi connectivity index (χ0v) is 16.5. The quantitative estimate of drug-likeness (QED) is 0.839. The van der Waals surface area contributed by atoms with Gasteiger partial charge in [0.1, 0.15) is 5.76 Å². The Labute approximate surface area is 161 Å². The van der Waals surface area contributed by atoms with Crippen LogP contribution in [-0.2, 0) is 24.2 Å². The van der Waals surface area contributed by atoms with E-state index in [2.05, 4.69) is 32.1 Å². The molecule has 0 aromatic carbocycles. The fourth-order valence-electron chi connectivity index (χ4n) is 4.38. The zero-order chi connectivity index (χ0) is 18.6. The molecule has 0 amide bonds. The number of aromatic nitrogens is 3. The molecule has 2 fully saturated rings. The van der Waals surface area contributed by atoms with Gasteiger partial charge in [-0.05, 0) is 32.7 Å². The van der Waals surface area contributed by atoms with E-state index in [-0.39, 0.29) is 0 Å². The molecule has 2 aliphatic heterocycles. The molecular formula is C20H31N5O2. The van der Waals surface area contributed by atoms with Crippen LogP contribution in [0.1, 0.15) is 54.0 Å². The molecule has 7 nitrogen and oxygen atoms in total. The Bertz CT molecular complexity index is 735. The van der Waals surface area contributed by atoms with Crippen LogP contribution in [0, 0.1) is 6.92 Å². The number of nitrogens with zero attached hydrogens (tertiary/aromatic N) is 4. The molecular weight excluding hydrogens is 342 g/mol. The topological polar surface area (TPSA) is 70.4 Å². The van der Waals surface area contributed by atoms with Crippen molar-refractivity contribution in [2.75, 3.05) is 39.4 Å². The number of likely N-dealkylation sites (tertiary alicyclic amines) is 1. The standard InChI is InChI=1S/C20H31N5O2/c1-3-19-18(15(2)27-23-19)14-25-6-4-5-16(12-25)20-17(11-21-22-20)13-24-7-9-26-10-8-24/h11,16H,3-10,12-14H2,1-2H3,(H,21,22)/t16-/m1/s1. The van der Waals surface area contributed by atoms with Gasteiger partial charge in [-0.1, -0.05) is 12.1 Å². The number of rotatable bonds is 6. The largest absolute Gasteiger partial charge is 0.379 e. The van der Waals surface area contributed by atoms with Crippen molar-refractivity contribution in [3.05, 3.63) is 34.5 Å². The summed E-state index contributed by atoms with van der Waals surface area (Å²) in [6.45, 7) is 12.0. The number of H-pyrrole nitrogens is 1. The van der Waals surface area contributed by atoms with Crippen LogP contribution in [0.2, 0.25) is 0 Å². The highest BCUT2D eigenvalue weighted by atomic mass is 16.5. The second kappa shape index (κ2) is 8.54. The van der Waals surface area contributed by atoms with Gasteiger partial charge in [0.25, 0.3) is 0 Å². The van der Waals surface area contributed by atoms with Crippen LogP contribution >= 0.6 is 0 Å². The Kier molecular flexibility index (Phi) is 5.90. The summed E-state index contributed by atoms with van der Waals surface area (Å²) in [5.41, 5.74) is 5.04. The highest BCUT2D eigenvalue weighted by Crippen LogP contribution is 2.30. The van der Waals surface area contributed by atoms with Gasteiger partial charge in [0.15, 0.2) is 0 Å². The first-order valence-corrected chi connectivity index (χ1v) is 10.2. The lowest BCUT2D eigenvalue weighted by molar-refractivity contribution is 0.0339. The Morgan fingerprint density at radius 2 is 2.04 bits per heavy atom. The molecule has 2 saturated heterocycles. The van der Waals surface area contributed by atoms with E-state index in [9.17, 15) is 0 Å². The van der Waals surface area contributed by atoms with Crippen molar-refractivity contribution in [2.45, 2.75) is 52.1 Å². The minimum Gasteiger partial charge on any atom is -0.379 e. The first kappa shape index (κ1) is 18.7. The van der Waals surface area contributed by atoms with Crippen molar-refractivity contribution in [3.8, 4) is 0 Å². The summed E-state index contributed by atoms with van der Waals surface area (Å²) in [6, 6.07) is 0. The van der Waals surface area contributed by atoms with E-state index >= 15 is 0 Å². The third-order valence-electron chi connectivity index (χ3n) is 5.95. The maximum Gasteiger partial charge on any atom is 0.138 e. The van der Waals surface area contributed by atoms with Crippen molar-refractivity contribution in [2.24, 2.45) is 0 Å². The highest BCUT2D eigenvalue weighted by Gasteiger charge is 2.27. The van der Waals surface area contributed by atoms with E-state index in [1.54, 1.807) is 0 Å². The number of aryl methyl sites for hydroxylation is 2. The predicted octanol–water partition coefficient (Wildman–Crippen LogP) is 2.48. The van der Waals surface area contributed by atoms with Gasteiger partial charge in [-0.25, -0.2) is 0 Å². The molecule has 4 heterocycles. The number of hydrogen-bond acceptors (Lipinski definition) is 6. The lowest BCUT2D eigenvalue weighted by atomic mass is 9.92. The van der Waals surface area contributed by atoms with Crippen LogP contribution in [0.4, 0.5) is 0 Å². The number of nitrogens with one attached hydrogen (secondary N) is 1. The molecule has 0 radical (unpaired) electrons. The summed E-state index contributed by atoms with van der Waals surface area (Å²) >= 11 is 0. The fourth-order valence-corrected chi connectivity index (χ4v) is 4.38. The van der Waals surface area contributed by atoms with Crippen LogP contribution in [0.25, 0.3) is 0 Å². The van der Waals surface area contributed by atoms with Gasteiger partial charge in [-0.2, -0.15) is 5.10 Å². The summed E-state index contributed by atoms with van der Waals surface area (Å²) in [5.74, 6) is 1.48. The van der Waals surface area contributed by atoms with E-state index < -0.39 is 0 Å². The van der Waals surface area contributed by atoms with Gasteiger partial charge in [0, 0.05) is 55.5 Å². The normalized spacial score (nSPS) is 22.4. The molecule has 148 valence electrons. The molecule has 0 aliphatic carbocycles. The summed E-state index contributed by atoms with van der Waals surface area (Å²) in [5, 5.41) is 11.9. The van der Waals surface area contributed by atoms with E-state index in [0.29, 0.717) is 5.92 Å². The van der Waals surface area contributed by atoms with Crippen LogP contribution in [0.5, 0.6) is 0 Å². The maximum absolute atomic E-state index is 5.47. The summed E-state index contributed by atoms with van der Waals surface area (Å²) in [7, 11) is 0. The first-order valence-electron chi connectivity index (χ1n) is 10.2. The van der Waals surface area contributed by atoms with Crippen molar-refractivity contribution in [3.63, 3.8) is 0 Å². The van der Waals surface area contributed by atoms with E-state index in [0.717, 1.165) is 70.4 Å². The fraction of sp³-hybridized carbons (Fsp3) is 0.700. The second-order valence-electron chi connectivity index (χ2n) is 7.79. The summed E-state index contributed by atoms with van der Waals surface area (Å²) in [4.78, 5) is 5.01. The van der Waals surface area contributed by atoms with Gasteiger partial charge in [0.05, 0.1) is 25.1 Å². The molecule has 7 heteroatoms. The first-order chi connectivity index (χ1) is 13.2. The number of piperidine rings is 1. The van der Waals surface area contributed by atoms with Crippen LogP contribution < -0.4 is 0 Å². The number of morpholine rings is 1.